The van der Waals surface area contributed by atoms with Gasteiger partial charge in [0.2, 0.25) is 0 Å². The predicted molar refractivity (Wildman–Crippen MR) is 131 cm³/mol. The molecule has 0 amide bonds. The molecule has 0 N–H and O–H groups in total. The third kappa shape index (κ3) is 6.86. The van der Waals surface area contributed by atoms with Crippen molar-refractivity contribution in [2.24, 2.45) is 28.6 Å². The molecule has 2 aliphatic rings. The molecule has 29 heavy (non-hydrogen) atoms. The van der Waals surface area contributed by atoms with Gasteiger partial charge in [-0.25, -0.2) is 0 Å². The Morgan fingerprint density at radius 3 is 2.69 bits per heavy atom. The van der Waals surface area contributed by atoms with Crippen LogP contribution in [0.4, 0.5) is 0 Å². The minimum absolute atomic E-state index is 0.396. The molecule has 2 saturated carbocycles. The van der Waals surface area contributed by atoms with E-state index in [1.165, 1.54) is 62.5 Å². The lowest BCUT2D eigenvalue weighted by Crippen LogP contribution is -2.49. The first-order valence-electron chi connectivity index (χ1n) is 13.0. The highest BCUT2D eigenvalue weighted by atomic mass is 14.6. The number of hydrogen-bond donors (Lipinski definition) is 0. The normalized spacial score (nSPS) is 31.0. The van der Waals surface area contributed by atoms with E-state index in [1.807, 2.05) is 0 Å². The van der Waals surface area contributed by atoms with E-state index in [1.54, 1.807) is 0 Å². The van der Waals surface area contributed by atoms with Gasteiger partial charge in [-0.15, -0.1) is 0 Å². The molecule has 166 valence electrons. The zero-order chi connectivity index (χ0) is 22.4. The van der Waals surface area contributed by atoms with Gasteiger partial charge in [0.15, 0.2) is 0 Å². The molecular weight excluding hydrogens is 348 g/mol. The van der Waals surface area contributed by atoms with Crippen molar-refractivity contribution in [3.63, 3.8) is 0 Å². The summed E-state index contributed by atoms with van der Waals surface area (Å²) >= 11 is 0. The smallest absolute Gasteiger partial charge is 0.0572 e. The molecule has 2 aliphatic carbocycles. The highest BCUT2D eigenvalue weighted by Gasteiger charge is 2.52. The highest BCUT2D eigenvalue weighted by Crippen LogP contribution is 2.61. The summed E-state index contributed by atoms with van der Waals surface area (Å²) in [4.78, 5) is 0. The zero-order valence-electron chi connectivity index (χ0n) is 21.6. The van der Waals surface area contributed by atoms with E-state index in [2.05, 4.69) is 60.3 Å². The van der Waals surface area contributed by atoms with Gasteiger partial charge in [0.05, 0.1) is 1.37 Å². The molecular formula is C29H50. The van der Waals surface area contributed by atoms with Crippen molar-refractivity contribution >= 4 is 0 Å². The van der Waals surface area contributed by atoms with Gasteiger partial charge < -0.3 is 0 Å². The van der Waals surface area contributed by atoms with Crippen molar-refractivity contribution < 1.29 is 1.37 Å². The molecule has 0 radical (unpaired) electrons. The van der Waals surface area contributed by atoms with Gasteiger partial charge in [0, 0.05) is 0 Å². The van der Waals surface area contributed by atoms with Crippen LogP contribution in [0.15, 0.2) is 35.9 Å². The molecule has 0 nitrogen and oxygen atoms in total. The lowest BCUT2D eigenvalue weighted by atomic mass is 9.47. The van der Waals surface area contributed by atoms with Crippen molar-refractivity contribution in [3.8, 4) is 0 Å². The Labute approximate surface area is 184 Å². The first kappa shape index (κ1) is 22.9. The molecule has 0 aromatic carbocycles. The van der Waals surface area contributed by atoms with Gasteiger partial charge in [-0.3, -0.25) is 0 Å². The van der Waals surface area contributed by atoms with Crippen LogP contribution in [0.3, 0.4) is 0 Å². The standard InChI is InChI=1S/C29H50/c1-23(2)15-13-17-24(3)16-11-9-8-10-12-18-26-25(4)19-20-27-28(5,6)21-14-22-29(26,27)7/h8,10,16,23,26-27H,4,9,11-15,17-22H2,1-3,5-7H3/b10-8+,24-16+/t26-,27?,29+/m0/s1/i10D. The minimum Gasteiger partial charge on any atom is -0.0996 e. The summed E-state index contributed by atoms with van der Waals surface area (Å²) in [6.45, 7) is 18.9. The Balaban J connectivity index is 1.84. The van der Waals surface area contributed by atoms with Crippen molar-refractivity contribution in [1.29, 1.82) is 0 Å². The fourth-order valence-electron chi connectivity index (χ4n) is 6.54. The average molecular weight is 400 g/mol. The Morgan fingerprint density at radius 1 is 1.21 bits per heavy atom. The molecule has 2 fully saturated rings. The van der Waals surface area contributed by atoms with Crippen LogP contribution in [0.2, 0.25) is 0 Å². The van der Waals surface area contributed by atoms with Crippen molar-refractivity contribution in [1.82, 2.24) is 0 Å². The van der Waals surface area contributed by atoms with Gasteiger partial charge in [0.25, 0.3) is 0 Å². The fourth-order valence-corrected chi connectivity index (χ4v) is 6.54. The number of rotatable bonds is 10. The topological polar surface area (TPSA) is 0 Å². The summed E-state index contributed by atoms with van der Waals surface area (Å²) < 4.78 is 8.48. The number of unbranched alkanes of at least 4 members (excludes halogenated alkanes) is 1. The summed E-state index contributed by atoms with van der Waals surface area (Å²) in [5, 5.41) is 0. The molecule has 3 atom stereocenters. The van der Waals surface area contributed by atoms with Crippen LogP contribution in [-0.4, -0.2) is 0 Å². The predicted octanol–water partition coefficient (Wildman–Crippen LogP) is 9.67. The first-order valence-corrected chi connectivity index (χ1v) is 12.5. The Bertz CT molecular complexity index is 620. The van der Waals surface area contributed by atoms with Crippen LogP contribution < -0.4 is 0 Å². The van der Waals surface area contributed by atoms with Crippen LogP contribution in [0.5, 0.6) is 0 Å². The first-order chi connectivity index (χ1) is 14.1. The van der Waals surface area contributed by atoms with Crippen LogP contribution in [-0.2, 0) is 0 Å². The molecule has 0 spiro atoms. The van der Waals surface area contributed by atoms with E-state index in [-0.39, 0.29) is 0 Å². The lowest BCUT2D eigenvalue weighted by Gasteiger charge is -2.58. The molecule has 0 saturated heterocycles. The highest BCUT2D eigenvalue weighted by molar-refractivity contribution is 5.16. The SMILES string of the molecule is [2H]/C(=C\CC/C=C(\C)CCCC(C)C)CC[C@H]1C(=C)CCC2C(C)(C)CCC[C@@]21C. The lowest BCUT2D eigenvalue weighted by molar-refractivity contribution is -0.0537. The zero-order valence-corrected chi connectivity index (χ0v) is 20.6. The largest absolute Gasteiger partial charge is 0.0996 e. The van der Waals surface area contributed by atoms with Gasteiger partial charge in [-0.05, 0) is 99.7 Å². The van der Waals surface area contributed by atoms with Crippen LogP contribution in [0.25, 0.3) is 0 Å². The van der Waals surface area contributed by atoms with Crippen molar-refractivity contribution in [2.75, 3.05) is 0 Å². The van der Waals surface area contributed by atoms with Gasteiger partial charge in [-0.2, -0.15) is 0 Å². The second-order valence-electron chi connectivity index (χ2n) is 11.5. The summed E-state index contributed by atoms with van der Waals surface area (Å²) in [6, 6.07) is 0.842. The number of allylic oxidation sites excluding steroid dienone is 5. The van der Waals surface area contributed by atoms with Gasteiger partial charge in [-0.1, -0.05) is 83.4 Å². The van der Waals surface area contributed by atoms with Gasteiger partial charge in [0.1, 0.15) is 0 Å². The third-order valence-electron chi connectivity index (χ3n) is 8.20. The minimum atomic E-state index is 0.396. The summed E-state index contributed by atoms with van der Waals surface area (Å²) in [5.74, 6) is 2.23. The van der Waals surface area contributed by atoms with Crippen LogP contribution in [0.1, 0.15) is 120 Å². The quantitative estimate of drug-likeness (QED) is 0.253. The van der Waals surface area contributed by atoms with E-state index in [0.29, 0.717) is 16.7 Å². The molecule has 0 aliphatic heterocycles. The summed E-state index contributed by atoms with van der Waals surface area (Å²) in [6.07, 6.45) is 19.2. The fraction of sp³-hybridized carbons (Fsp3) is 0.793. The van der Waals surface area contributed by atoms with E-state index < -0.39 is 0 Å². The maximum atomic E-state index is 8.48. The maximum Gasteiger partial charge on any atom is 0.0572 e. The Kier molecular flexibility index (Phi) is 8.70. The molecule has 0 aromatic heterocycles. The maximum absolute atomic E-state index is 8.48. The Morgan fingerprint density at radius 2 is 1.97 bits per heavy atom. The van der Waals surface area contributed by atoms with Crippen LogP contribution >= 0.6 is 0 Å². The molecule has 0 aromatic rings. The van der Waals surface area contributed by atoms with E-state index >= 15 is 0 Å². The molecule has 0 heteroatoms. The van der Waals surface area contributed by atoms with Crippen LogP contribution in [0, 0.1) is 28.6 Å². The van der Waals surface area contributed by atoms with Crippen molar-refractivity contribution in [3.05, 3.63) is 35.9 Å². The van der Waals surface area contributed by atoms with E-state index in [9.17, 15) is 0 Å². The monoisotopic (exact) mass is 399 g/mol. The number of fused-ring (bicyclic) bond motifs is 1. The number of hydrogen-bond acceptors (Lipinski definition) is 0. The summed E-state index contributed by atoms with van der Waals surface area (Å²) in [5.41, 5.74) is 3.85. The second kappa shape index (κ2) is 11.0. The average Bonchev–Trinajstić information content (AvgIpc) is 2.63. The molecule has 1 unspecified atom stereocenters. The van der Waals surface area contributed by atoms with E-state index in [4.69, 9.17) is 1.37 Å². The summed E-state index contributed by atoms with van der Waals surface area (Å²) in [7, 11) is 0. The van der Waals surface area contributed by atoms with Gasteiger partial charge >= 0.3 is 0 Å². The Hall–Kier alpha value is -0.780. The van der Waals surface area contributed by atoms with Crippen molar-refractivity contribution in [2.45, 2.75) is 119 Å². The van der Waals surface area contributed by atoms with E-state index in [0.717, 1.165) is 43.6 Å². The second-order valence-corrected chi connectivity index (χ2v) is 11.5. The molecule has 0 heterocycles. The molecule has 0 bridgehead atoms. The molecule has 2 rings (SSSR count). The third-order valence-corrected chi connectivity index (χ3v) is 8.20.